The summed E-state index contributed by atoms with van der Waals surface area (Å²) in [5.41, 5.74) is 1.29. The largest absolute Gasteiger partial charge is 0.493 e. The predicted octanol–water partition coefficient (Wildman–Crippen LogP) is 2.24. The molecular weight excluding hydrogens is 272 g/mol. The molecule has 2 N–H and O–H groups in total. The second kappa shape index (κ2) is 4.49. The first-order chi connectivity index (χ1) is 7.66. The van der Waals surface area contributed by atoms with E-state index in [-0.39, 0.29) is 11.8 Å². The van der Waals surface area contributed by atoms with Gasteiger partial charge in [0.2, 0.25) is 11.8 Å². The van der Waals surface area contributed by atoms with Gasteiger partial charge in [-0.25, -0.2) is 9.97 Å². The van der Waals surface area contributed by atoms with Crippen LogP contribution in [0.3, 0.4) is 0 Å². The molecule has 0 radical (unpaired) electrons. The zero-order chi connectivity index (χ0) is 11.5. The molecule has 0 spiro atoms. The predicted molar refractivity (Wildman–Crippen MR) is 62.3 cm³/mol. The van der Waals surface area contributed by atoms with Crippen molar-refractivity contribution in [3.05, 3.63) is 46.2 Å². The lowest BCUT2D eigenvalue weighted by Gasteiger charge is -2.05. The molecule has 1 heterocycles. The maximum Gasteiger partial charge on any atom is 0.221 e. The lowest BCUT2D eigenvalue weighted by molar-refractivity contribution is 0.411. The van der Waals surface area contributed by atoms with Gasteiger partial charge in [-0.15, -0.1) is 0 Å². The van der Waals surface area contributed by atoms with Crippen LogP contribution in [-0.4, -0.2) is 20.2 Å². The van der Waals surface area contributed by atoms with Gasteiger partial charge in [-0.05, 0) is 17.7 Å². The molecule has 0 aliphatic rings. The Kier molecular flexibility index (Phi) is 3.05. The van der Waals surface area contributed by atoms with Gasteiger partial charge in [0.1, 0.15) is 6.33 Å². The number of hydrogen-bond acceptors (Lipinski definition) is 4. The summed E-state index contributed by atoms with van der Waals surface area (Å²) in [5.74, 6) is -0.375. The molecule has 2 aromatic rings. The van der Waals surface area contributed by atoms with Crippen LogP contribution in [0.1, 0.15) is 11.1 Å². The van der Waals surface area contributed by atoms with E-state index >= 15 is 0 Å². The van der Waals surface area contributed by atoms with Crippen molar-refractivity contribution in [2.45, 2.75) is 6.42 Å². The third-order valence-electron chi connectivity index (χ3n) is 2.17. The zero-order valence-electron chi connectivity index (χ0n) is 8.26. The molecule has 0 bridgehead atoms. The lowest BCUT2D eigenvalue weighted by atomic mass is 10.1. The molecule has 5 heteroatoms. The Morgan fingerprint density at radius 3 is 2.44 bits per heavy atom. The van der Waals surface area contributed by atoms with Crippen LogP contribution in [0.2, 0.25) is 0 Å². The first-order valence-electron chi connectivity index (χ1n) is 4.63. The lowest BCUT2D eigenvalue weighted by Crippen LogP contribution is -1.93. The van der Waals surface area contributed by atoms with Crippen molar-refractivity contribution < 1.29 is 10.2 Å². The van der Waals surface area contributed by atoms with Crippen LogP contribution in [0.5, 0.6) is 11.8 Å². The van der Waals surface area contributed by atoms with Crippen molar-refractivity contribution in [2.75, 3.05) is 0 Å². The van der Waals surface area contributed by atoms with Crippen LogP contribution >= 0.6 is 15.9 Å². The standard InChI is InChI=1S/C11H9BrN2O2/c12-8-3-1-2-7(4-8)5-9-10(15)13-6-14-11(9)16/h1-4,6H,5H2,(H2,13,14,15,16). The molecule has 0 saturated heterocycles. The minimum atomic E-state index is -0.188. The Hall–Kier alpha value is -1.62. The quantitative estimate of drug-likeness (QED) is 0.886. The summed E-state index contributed by atoms with van der Waals surface area (Å²) in [6.07, 6.45) is 1.51. The molecule has 16 heavy (non-hydrogen) atoms. The van der Waals surface area contributed by atoms with Crippen molar-refractivity contribution in [1.29, 1.82) is 0 Å². The van der Waals surface area contributed by atoms with E-state index in [1.165, 1.54) is 0 Å². The number of benzene rings is 1. The van der Waals surface area contributed by atoms with Gasteiger partial charge >= 0.3 is 0 Å². The van der Waals surface area contributed by atoms with E-state index < -0.39 is 0 Å². The van der Waals surface area contributed by atoms with E-state index in [1.807, 2.05) is 24.3 Å². The van der Waals surface area contributed by atoms with Gasteiger partial charge in [0.25, 0.3) is 0 Å². The number of nitrogens with zero attached hydrogens (tertiary/aromatic N) is 2. The molecule has 82 valence electrons. The van der Waals surface area contributed by atoms with Crippen LogP contribution in [0, 0.1) is 0 Å². The fourth-order valence-corrected chi connectivity index (χ4v) is 1.85. The monoisotopic (exact) mass is 280 g/mol. The van der Waals surface area contributed by atoms with Gasteiger partial charge in [0, 0.05) is 10.9 Å². The van der Waals surface area contributed by atoms with Crippen LogP contribution in [0.4, 0.5) is 0 Å². The summed E-state index contributed by atoms with van der Waals surface area (Å²) in [6, 6.07) is 7.60. The van der Waals surface area contributed by atoms with Crippen LogP contribution < -0.4 is 0 Å². The Morgan fingerprint density at radius 1 is 1.12 bits per heavy atom. The van der Waals surface area contributed by atoms with Crippen LogP contribution in [0.25, 0.3) is 0 Å². The normalized spacial score (nSPS) is 10.3. The highest BCUT2D eigenvalue weighted by Crippen LogP contribution is 2.25. The van der Waals surface area contributed by atoms with Gasteiger partial charge < -0.3 is 10.2 Å². The minimum absolute atomic E-state index is 0.188. The molecule has 0 aliphatic heterocycles. The maximum absolute atomic E-state index is 9.50. The summed E-state index contributed by atoms with van der Waals surface area (Å²) >= 11 is 3.36. The summed E-state index contributed by atoms with van der Waals surface area (Å²) in [6.45, 7) is 0. The molecule has 0 amide bonds. The molecular formula is C11H9BrN2O2. The van der Waals surface area contributed by atoms with Gasteiger partial charge in [0.05, 0.1) is 5.56 Å². The molecule has 1 aromatic carbocycles. The van der Waals surface area contributed by atoms with E-state index in [1.54, 1.807) is 0 Å². The average molecular weight is 281 g/mol. The Morgan fingerprint density at radius 2 is 1.81 bits per heavy atom. The summed E-state index contributed by atoms with van der Waals surface area (Å²) in [7, 11) is 0. The topological polar surface area (TPSA) is 66.2 Å². The van der Waals surface area contributed by atoms with Crippen molar-refractivity contribution in [1.82, 2.24) is 9.97 Å². The molecule has 0 atom stereocenters. The van der Waals surface area contributed by atoms with Gasteiger partial charge in [-0.1, -0.05) is 28.1 Å². The number of aromatic hydroxyl groups is 2. The van der Waals surface area contributed by atoms with Gasteiger partial charge in [0.15, 0.2) is 0 Å². The number of halogens is 1. The van der Waals surface area contributed by atoms with Gasteiger partial charge in [-0.3, -0.25) is 0 Å². The molecule has 0 saturated carbocycles. The smallest absolute Gasteiger partial charge is 0.221 e. The molecule has 4 nitrogen and oxygen atoms in total. The molecule has 0 fully saturated rings. The van der Waals surface area contributed by atoms with Crippen molar-refractivity contribution in [3.8, 4) is 11.8 Å². The highest BCUT2D eigenvalue weighted by Gasteiger charge is 2.10. The fraction of sp³-hybridized carbons (Fsp3) is 0.0909. The third-order valence-corrected chi connectivity index (χ3v) is 2.66. The van der Waals surface area contributed by atoms with E-state index in [2.05, 4.69) is 25.9 Å². The van der Waals surface area contributed by atoms with Crippen molar-refractivity contribution in [3.63, 3.8) is 0 Å². The SMILES string of the molecule is Oc1ncnc(O)c1Cc1cccc(Br)c1. The summed E-state index contributed by atoms with van der Waals surface area (Å²) in [4.78, 5) is 7.26. The molecule has 0 aliphatic carbocycles. The van der Waals surface area contributed by atoms with E-state index in [0.29, 0.717) is 12.0 Å². The maximum atomic E-state index is 9.50. The fourth-order valence-electron chi connectivity index (χ4n) is 1.40. The summed E-state index contributed by atoms with van der Waals surface area (Å²) < 4.78 is 0.945. The van der Waals surface area contributed by atoms with Crippen molar-refractivity contribution in [2.24, 2.45) is 0 Å². The highest BCUT2D eigenvalue weighted by atomic mass is 79.9. The second-order valence-electron chi connectivity index (χ2n) is 3.31. The van der Waals surface area contributed by atoms with E-state index in [0.717, 1.165) is 16.4 Å². The highest BCUT2D eigenvalue weighted by molar-refractivity contribution is 9.10. The molecule has 1 aromatic heterocycles. The number of hydrogen-bond donors (Lipinski definition) is 2. The van der Waals surface area contributed by atoms with Crippen molar-refractivity contribution >= 4 is 15.9 Å². The Bertz CT molecular complexity index is 497. The van der Waals surface area contributed by atoms with E-state index in [4.69, 9.17) is 0 Å². The minimum Gasteiger partial charge on any atom is -0.493 e. The Balaban J connectivity index is 2.34. The Labute approximate surface area is 101 Å². The molecule has 0 unspecified atom stereocenters. The number of aromatic nitrogens is 2. The summed E-state index contributed by atoms with van der Waals surface area (Å²) in [5, 5.41) is 19.0. The second-order valence-corrected chi connectivity index (χ2v) is 4.22. The van der Waals surface area contributed by atoms with Crippen LogP contribution in [-0.2, 0) is 6.42 Å². The number of rotatable bonds is 2. The molecule has 2 rings (SSSR count). The zero-order valence-corrected chi connectivity index (χ0v) is 9.85. The first-order valence-corrected chi connectivity index (χ1v) is 5.42. The van der Waals surface area contributed by atoms with Crippen LogP contribution in [0.15, 0.2) is 35.1 Å². The third kappa shape index (κ3) is 2.30. The first kappa shape index (κ1) is 10.9. The van der Waals surface area contributed by atoms with Gasteiger partial charge in [-0.2, -0.15) is 0 Å². The average Bonchev–Trinajstić information content (AvgIpc) is 2.24. The van der Waals surface area contributed by atoms with E-state index in [9.17, 15) is 10.2 Å².